The van der Waals surface area contributed by atoms with E-state index in [4.69, 9.17) is 5.11 Å². The highest BCUT2D eigenvalue weighted by Gasteiger charge is 2.05. The standard InChI is InChI=1S/C11H17N5OS/c1-7-5-9(8(2)18-7)6-13-11-14-10(15-16-11)12-3-4-17/h5,17H,3-4,6H2,1-2H3,(H3,12,13,14,15,16). The average molecular weight is 267 g/mol. The Morgan fingerprint density at radius 1 is 1.39 bits per heavy atom. The summed E-state index contributed by atoms with van der Waals surface area (Å²) in [7, 11) is 0. The highest BCUT2D eigenvalue weighted by atomic mass is 32.1. The van der Waals surface area contributed by atoms with Crippen LogP contribution in [0.4, 0.5) is 11.9 Å². The molecule has 0 amide bonds. The van der Waals surface area contributed by atoms with Crippen molar-refractivity contribution in [1.82, 2.24) is 15.2 Å². The van der Waals surface area contributed by atoms with E-state index in [-0.39, 0.29) is 6.61 Å². The molecule has 0 atom stereocenters. The predicted molar refractivity (Wildman–Crippen MR) is 73.1 cm³/mol. The van der Waals surface area contributed by atoms with Gasteiger partial charge in [0.15, 0.2) is 0 Å². The maximum absolute atomic E-state index is 8.68. The molecular weight excluding hydrogens is 250 g/mol. The van der Waals surface area contributed by atoms with Gasteiger partial charge in [0.25, 0.3) is 0 Å². The minimum atomic E-state index is 0.0663. The zero-order chi connectivity index (χ0) is 13.0. The van der Waals surface area contributed by atoms with E-state index in [0.717, 1.165) is 0 Å². The second-order valence-electron chi connectivity index (χ2n) is 3.95. The number of aromatic amines is 1. The first-order chi connectivity index (χ1) is 8.69. The molecule has 6 nitrogen and oxygen atoms in total. The topological polar surface area (TPSA) is 85.9 Å². The summed E-state index contributed by atoms with van der Waals surface area (Å²) in [6.45, 7) is 5.45. The van der Waals surface area contributed by atoms with Crippen LogP contribution in [-0.2, 0) is 6.54 Å². The molecular formula is C11H17N5OS. The van der Waals surface area contributed by atoms with E-state index in [2.05, 4.69) is 45.7 Å². The maximum Gasteiger partial charge on any atom is 0.243 e. The number of hydrogen-bond donors (Lipinski definition) is 4. The number of aryl methyl sites for hydroxylation is 2. The summed E-state index contributed by atoms with van der Waals surface area (Å²) in [5, 5.41) is 21.5. The number of nitrogens with one attached hydrogen (secondary N) is 3. The van der Waals surface area contributed by atoms with Crippen molar-refractivity contribution in [2.24, 2.45) is 0 Å². The molecule has 0 unspecified atom stereocenters. The summed E-state index contributed by atoms with van der Waals surface area (Å²) in [5.41, 5.74) is 1.27. The summed E-state index contributed by atoms with van der Waals surface area (Å²) in [5.74, 6) is 1.11. The number of aromatic nitrogens is 3. The van der Waals surface area contributed by atoms with Gasteiger partial charge in [-0.3, -0.25) is 0 Å². The number of anilines is 2. The minimum Gasteiger partial charge on any atom is -0.395 e. The maximum atomic E-state index is 8.68. The lowest BCUT2D eigenvalue weighted by atomic mass is 10.2. The van der Waals surface area contributed by atoms with Gasteiger partial charge in [-0.2, -0.15) is 4.98 Å². The number of thiophene rings is 1. The van der Waals surface area contributed by atoms with Crippen LogP contribution in [0.1, 0.15) is 15.3 Å². The molecule has 0 fully saturated rings. The number of rotatable bonds is 6. The Morgan fingerprint density at radius 3 is 2.89 bits per heavy atom. The first-order valence-electron chi connectivity index (χ1n) is 5.76. The third-order valence-corrected chi connectivity index (χ3v) is 3.48. The number of hydrogen-bond acceptors (Lipinski definition) is 6. The van der Waals surface area contributed by atoms with Crippen LogP contribution >= 0.6 is 11.3 Å². The Hall–Kier alpha value is -1.60. The van der Waals surface area contributed by atoms with Gasteiger partial charge in [0.2, 0.25) is 11.9 Å². The van der Waals surface area contributed by atoms with E-state index in [1.54, 1.807) is 11.3 Å². The fourth-order valence-corrected chi connectivity index (χ4v) is 2.57. The largest absolute Gasteiger partial charge is 0.395 e. The van der Waals surface area contributed by atoms with Crippen molar-refractivity contribution < 1.29 is 5.11 Å². The van der Waals surface area contributed by atoms with Crippen molar-refractivity contribution in [3.05, 3.63) is 21.4 Å². The van der Waals surface area contributed by atoms with E-state index >= 15 is 0 Å². The summed E-state index contributed by atoms with van der Waals surface area (Å²) in [6.07, 6.45) is 0. The fourth-order valence-electron chi connectivity index (χ4n) is 1.63. The zero-order valence-electron chi connectivity index (χ0n) is 10.4. The van der Waals surface area contributed by atoms with Gasteiger partial charge >= 0.3 is 0 Å². The zero-order valence-corrected chi connectivity index (χ0v) is 11.3. The van der Waals surface area contributed by atoms with Crippen LogP contribution in [0.5, 0.6) is 0 Å². The van der Waals surface area contributed by atoms with Crippen LogP contribution in [0.25, 0.3) is 0 Å². The van der Waals surface area contributed by atoms with Gasteiger partial charge < -0.3 is 15.7 Å². The molecule has 7 heteroatoms. The molecule has 18 heavy (non-hydrogen) atoms. The van der Waals surface area contributed by atoms with Gasteiger partial charge in [0.1, 0.15) is 0 Å². The Morgan fingerprint density at radius 2 is 2.22 bits per heavy atom. The first kappa shape index (κ1) is 12.8. The monoisotopic (exact) mass is 267 g/mol. The van der Waals surface area contributed by atoms with Gasteiger partial charge in [-0.25, -0.2) is 5.10 Å². The Labute approximate surface area is 109 Å². The smallest absolute Gasteiger partial charge is 0.243 e. The molecule has 4 N–H and O–H groups in total. The molecule has 0 bridgehead atoms. The van der Waals surface area contributed by atoms with Crippen LogP contribution in [0.2, 0.25) is 0 Å². The fraction of sp³-hybridized carbons (Fsp3) is 0.455. The quantitative estimate of drug-likeness (QED) is 0.637. The van der Waals surface area contributed by atoms with E-state index in [1.807, 2.05) is 0 Å². The SMILES string of the molecule is Cc1cc(CNc2n[nH]c(NCCO)n2)c(C)s1. The third kappa shape index (κ3) is 3.21. The van der Waals surface area contributed by atoms with Gasteiger partial charge in [-0.15, -0.1) is 16.4 Å². The Bertz CT molecular complexity index is 507. The summed E-state index contributed by atoms with van der Waals surface area (Å²) in [4.78, 5) is 6.83. The molecule has 0 aliphatic rings. The van der Waals surface area contributed by atoms with Crippen LogP contribution in [0.15, 0.2) is 6.07 Å². The molecule has 0 radical (unpaired) electrons. The van der Waals surface area contributed by atoms with Gasteiger partial charge in [-0.05, 0) is 25.5 Å². The molecule has 0 saturated carbocycles. The molecule has 2 heterocycles. The summed E-state index contributed by atoms with van der Waals surface area (Å²) >= 11 is 1.79. The molecule has 98 valence electrons. The minimum absolute atomic E-state index is 0.0663. The second kappa shape index (κ2) is 5.83. The van der Waals surface area contributed by atoms with Crippen molar-refractivity contribution in [3.63, 3.8) is 0 Å². The molecule has 0 saturated heterocycles. The van der Waals surface area contributed by atoms with Gasteiger partial charge in [-0.1, -0.05) is 0 Å². The number of aliphatic hydroxyl groups is 1. The van der Waals surface area contributed by atoms with Gasteiger partial charge in [0, 0.05) is 22.8 Å². The first-order valence-corrected chi connectivity index (χ1v) is 6.57. The van der Waals surface area contributed by atoms with Crippen LogP contribution < -0.4 is 10.6 Å². The van der Waals surface area contributed by atoms with Crippen LogP contribution in [-0.4, -0.2) is 33.4 Å². The van der Waals surface area contributed by atoms with Crippen molar-refractivity contribution in [2.75, 3.05) is 23.8 Å². The molecule has 0 aliphatic carbocycles. The Kier molecular flexibility index (Phi) is 4.16. The van der Waals surface area contributed by atoms with Crippen molar-refractivity contribution in [2.45, 2.75) is 20.4 Å². The number of aliphatic hydroxyl groups excluding tert-OH is 1. The average Bonchev–Trinajstić information content (AvgIpc) is 2.91. The molecule has 2 aromatic rings. The van der Waals surface area contributed by atoms with Crippen molar-refractivity contribution in [3.8, 4) is 0 Å². The molecule has 2 aromatic heterocycles. The van der Waals surface area contributed by atoms with E-state index in [0.29, 0.717) is 25.0 Å². The predicted octanol–water partition coefficient (Wildman–Crippen LogP) is 1.50. The lowest BCUT2D eigenvalue weighted by Gasteiger charge is -2.00. The molecule has 0 aromatic carbocycles. The van der Waals surface area contributed by atoms with Gasteiger partial charge in [0.05, 0.1) is 6.61 Å². The normalized spacial score (nSPS) is 10.6. The lowest BCUT2D eigenvalue weighted by molar-refractivity contribution is 0.311. The van der Waals surface area contributed by atoms with E-state index in [9.17, 15) is 0 Å². The highest BCUT2D eigenvalue weighted by Crippen LogP contribution is 2.21. The van der Waals surface area contributed by atoms with Crippen LogP contribution in [0.3, 0.4) is 0 Å². The van der Waals surface area contributed by atoms with Crippen LogP contribution in [0, 0.1) is 13.8 Å². The van der Waals surface area contributed by atoms with E-state index < -0.39 is 0 Å². The summed E-state index contributed by atoms with van der Waals surface area (Å²) in [6, 6.07) is 2.17. The highest BCUT2D eigenvalue weighted by molar-refractivity contribution is 7.12. The molecule has 0 aliphatic heterocycles. The number of H-pyrrole nitrogens is 1. The number of nitrogens with zero attached hydrogens (tertiary/aromatic N) is 2. The summed E-state index contributed by atoms with van der Waals surface area (Å²) < 4.78 is 0. The molecule has 2 rings (SSSR count). The molecule has 0 spiro atoms. The lowest BCUT2D eigenvalue weighted by Crippen LogP contribution is -2.06. The van der Waals surface area contributed by atoms with Crippen molar-refractivity contribution in [1.29, 1.82) is 0 Å². The third-order valence-electron chi connectivity index (χ3n) is 2.47. The Balaban J connectivity index is 1.90. The second-order valence-corrected chi connectivity index (χ2v) is 5.41. The van der Waals surface area contributed by atoms with E-state index in [1.165, 1.54) is 15.3 Å². The van der Waals surface area contributed by atoms with Crippen molar-refractivity contribution >= 4 is 23.2 Å².